The Hall–Kier alpha value is -2.94. The summed E-state index contributed by atoms with van der Waals surface area (Å²) < 4.78 is 1.58. The van der Waals surface area contributed by atoms with Crippen LogP contribution in [0.1, 0.15) is 31.7 Å². The topological polar surface area (TPSA) is 91.8 Å². The molecule has 0 bridgehead atoms. The van der Waals surface area contributed by atoms with Gasteiger partial charge in [0.05, 0.1) is 18.0 Å². The van der Waals surface area contributed by atoms with Gasteiger partial charge in [-0.2, -0.15) is 5.10 Å². The fourth-order valence-electron chi connectivity index (χ4n) is 4.97. The molecule has 32 heavy (non-hydrogen) atoms. The quantitative estimate of drug-likeness (QED) is 0.309. The maximum Gasteiger partial charge on any atom is 0.306 e. The smallest absolute Gasteiger partial charge is 0.306 e. The summed E-state index contributed by atoms with van der Waals surface area (Å²) in [6.45, 7) is 8.18. The van der Waals surface area contributed by atoms with Gasteiger partial charge in [-0.3, -0.25) is 24.7 Å². The van der Waals surface area contributed by atoms with Crippen LogP contribution in [0.2, 0.25) is 0 Å². The zero-order valence-corrected chi connectivity index (χ0v) is 18.8. The van der Waals surface area contributed by atoms with E-state index in [0.717, 1.165) is 38.6 Å². The lowest BCUT2D eigenvalue weighted by Gasteiger charge is -2.48. The lowest BCUT2D eigenvalue weighted by atomic mass is 9.83. The van der Waals surface area contributed by atoms with Crippen LogP contribution in [0.15, 0.2) is 47.7 Å². The number of fused-ring (bicyclic) bond motifs is 1. The molecule has 0 spiro atoms. The number of nitrogens with one attached hydrogen (secondary N) is 1. The maximum atomic E-state index is 10.8. The number of aliphatic imine (C=N–C) groups is 1. The van der Waals surface area contributed by atoms with Crippen LogP contribution in [-0.2, 0) is 13.1 Å². The zero-order chi connectivity index (χ0) is 22.3. The monoisotopic (exact) mass is 439 g/mol. The van der Waals surface area contributed by atoms with Gasteiger partial charge in [-0.05, 0) is 44.2 Å². The highest BCUT2D eigenvalue weighted by atomic mass is 16.6. The normalized spacial score (nSPS) is 21.9. The van der Waals surface area contributed by atoms with E-state index in [-0.39, 0.29) is 5.69 Å². The Balaban J connectivity index is 1.36. The predicted octanol–water partition coefficient (Wildman–Crippen LogP) is 2.74. The molecule has 0 radical (unpaired) electrons. The number of rotatable bonds is 7. The Bertz CT molecular complexity index is 914. The van der Waals surface area contributed by atoms with Crippen LogP contribution in [0.4, 0.5) is 5.69 Å². The first-order valence-electron chi connectivity index (χ1n) is 11.6. The number of nitro groups is 1. The van der Waals surface area contributed by atoms with Gasteiger partial charge in [0.25, 0.3) is 0 Å². The molecule has 0 saturated carbocycles. The summed E-state index contributed by atoms with van der Waals surface area (Å²) in [6.07, 6.45) is 6.39. The number of piperidine rings is 2. The van der Waals surface area contributed by atoms with Crippen molar-refractivity contribution in [3.8, 4) is 0 Å². The number of aromatic nitrogens is 2. The van der Waals surface area contributed by atoms with E-state index < -0.39 is 4.92 Å². The Labute approximate surface area is 189 Å². The molecule has 1 aromatic carbocycles. The fraction of sp³-hybridized carbons (Fsp3) is 0.565. The summed E-state index contributed by atoms with van der Waals surface area (Å²) in [5.74, 6) is 1.59. The Morgan fingerprint density at radius 1 is 1.28 bits per heavy atom. The van der Waals surface area contributed by atoms with Crippen molar-refractivity contribution in [3.63, 3.8) is 0 Å². The van der Waals surface area contributed by atoms with E-state index in [4.69, 9.17) is 4.99 Å². The van der Waals surface area contributed by atoms with Crippen molar-refractivity contribution in [3.05, 3.63) is 58.4 Å². The number of hydrogen-bond acceptors (Lipinski definition) is 5. The van der Waals surface area contributed by atoms with Crippen LogP contribution in [0.5, 0.6) is 0 Å². The van der Waals surface area contributed by atoms with Gasteiger partial charge < -0.3 is 10.2 Å². The number of hydrogen-bond donors (Lipinski definition) is 1. The molecule has 9 heteroatoms. The molecule has 2 unspecified atom stereocenters. The van der Waals surface area contributed by atoms with Gasteiger partial charge in [-0.15, -0.1) is 0 Å². The summed E-state index contributed by atoms with van der Waals surface area (Å²) in [4.78, 5) is 20.3. The minimum atomic E-state index is -0.424. The van der Waals surface area contributed by atoms with Crippen LogP contribution < -0.4 is 5.32 Å². The van der Waals surface area contributed by atoms with Gasteiger partial charge in [-0.1, -0.05) is 30.3 Å². The zero-order valence-electron chi connectivity index (χ0n) is 18.8. The molecule has 2 aromatic rings. The molecule has 172 valence electrons. The second kappa shape index (κ2) is 10.6. The van der Waals surface area contributed by atoms with Crippen molar-refractivity contribution < 1.29 is 4.92 Å². The third-order valence-corrected chi connectivity index (χ3v) is 6.47. The molecule has 2 aliphatic rings. The van der Waals surface area contributed by atoms with Crippen molar-refractivity contribution in [2.75, 3.05) is 32.7 Å². The van der Waals surface area contributed by atoms with Crippen LogP contribution in [0.25, 0.3) is 0 Å². The van der Waals surface area contributed by atoms with E-state index in [1.165, 1.54) is 37.3 Å². The van der Waals surface area contributed by atoms with E-state index in [1.807, 2.05) is 0 Å². The predicted molar refractivity (Wildman–Crippen MR) is 124 cm³/mol. The molecule has 0 amide bonds. The number of benzene rings is 1. The lowest BCUT2D eigenvalue weighted by Crippen LogP contribution is -2.56. The highest BCUT2D eigenvalue weighted by molar-refractivity contribution is 5.80. The van der Waals surface area contributed by atoms with Gasteiger partial charge >= 0.3 is 5.69 Å². The lowest BCUT2D eigenvalue weighted by molar-refractivity contribution is -0.385. The summed E-state index contributed by atoms with van der Waals surface area (Å²) in [5.41, 5.74) is 1.41. The molecule has 4 rings (SSSR count). The molecular weight excluding hydrogens is 406 g/mol. The number of nitrogens with zero attached hydrogens (tertiary/aromatic N) is 6. The van der Waals surface area contributed by atoms with Crippen LogP contribution >= 0.6 is 0 Å². The third kappa shape index (κ3) is 5.45. The first kappa shape index (κ1) is 22.3. The summed E-state index contributed by atoms with van der Waals surface area (Å²) in [6, 6.07) is 11.4. The maximum absolute atomic E-state index is 10.8. The van der Waals surface area contributed by atoms with Gasteiger partial charge in [-0.25, -0.2) is 0 Å². The summed E-state index contributed by atoms with van der Waals surface area (Å²) >= 11 is 0. The molecule has 0 aliphatic carbocycles. The first-order chi connectivity index (χ1) is 15.6. The Morgan fingerprint density at radius 3 is 2.88 bits per heavy atom. The van der Waals surface area contributed by atoms with Crippen molar-refractivity contribution in [2.45, 2.75) is 45.3 Å². The van der Waals surface area contributed by atoms with Gasteiger partial charge in [0.1, 0.15) is 12.4 Å². The number of guanidine groups is 1. The number of likely N-dealkylation sites (tertiary alicyclic amines) is 2. The average Bonchev–Trinajstić information content (AvgIpc) is 3.28. The van der Waals surface area contributed by atoms with E-state index in [2.05, 4.69) is 57.5 Å². The van der Waals surface area contributed by atoms with E-state index in [1.54, 1.807) is 4.68 Å². The molecule has 2 fully saturated rings. The Kier molecular flexibility index (Phi) is 7.36. The molecule has 2 aliphatic heterocycles. The molecule has 3 heterocycles. The SMILES string of the molecule is CCNC(=NCCn1cc([N+](=O)[O-])cn1)N1CCC2C(CCCN2Cc2ccccc2)C1. The van der Waals surface area contributed by atoms with E-state index >= 15 is 0 Å². The van der Waals surface area contributed by atoms with Gasteiger partial charge in [0.15, 0.2) is 5.96 Å². The summed E-state index contributed by atoms with van der Waals surface area (Å²) in [5, 5.41) is 18.3. The Morgan fingerprint density at radius 2 is 2.12 bits per heavy atom. The second-order valence-corrected chi connectivity index (χ2v) is 8.61. The van der Waals surface area contributed by atoms with Crippen LogP contribution in [-0.4, -0.2) is 69.2 Å². The van der Waals surface area contributed by atoms with Crippen molar-refractivity contribution in [1.29, 1.82) is 0 Å². The first-order valence-corrected chi connectivity index (χ1v) is 11.6. The fourth-order valence-corrected chi connectivity index (χ4v) is 4.97. The average molecular weight is 440 g/mol. The highest BCUT2D eigenvalue weighted by Gasteiger charge is 2.36. The largest absolute Gasteiger partial charge is 0.357 e. The molecule has 9 nitrogen and oxygen atoms in total. The van der Waals surface area contributed by atoms with Crippen molar-refractivity contribution >= 4 is 11.6 Å². The molecule has 2 atom stereocenters. The van der Waals surface area contributed by atoms with Crippen LogP contribution in [0.3, 0.4) is 0 Å². The van der Waals surface area contributed by atoms with Gasteiger partial charge in [0, 0.05) is 32.2 Å². The molecular formula is C23H33N7O2. The third-order valence-electron chi connectivity index (χ3n) is 6.47. The minimum absolute atomic E-state index is 0.0142. The van der Waals surface area contributed by atoms with Crippen molar-refractivity contribution in [2.24, 2.45) is 10.9 Å². The second-order valence-electron chi connectivity index (χ2n) is 8.61. The van der Waals surface area contributed by atoms with Gasteiger partial charge in [0.2, 0.25) is 0 Å². The minimum Gasteiger partial charge on any atom is -0.357 e. The van der Waals surface area contributed by atoms with Crippen molar-refractivity contribution in [1.82, 2.24) is 24.9 Å². The standard InChI is InChI=1S/C23H33N7O2/c1-2-24-23(25-11-14-29-18-21(15-26-29)30(31)32)28-13-10-22-20(17-28)9-6-12-27(22)16-19-7-4-3-5-8-19/h3-5,7-8,15,18,20,22H,2,6,9-14,16-17H2,1H3,(H,24,25). The molecule has 1 N–H and O–H groups in total. The molecule has 1 aromatic heterocycles. The summed E-state index contributed by atoms with van der Waals surface area (Å²) in [7, 11) is 0. The van der Waals surface area contributed by atoms with Crippen LogP contribution in [0, 0.1) is 16.0 Å². The van der Waals surface area contributed by atoms with E-state index in [9.17, 15) is 10.1 Å². The molecule has 2 saturated heterocycles. The van der Waals surface area contributed by atoms with E-state index in [0.29, 0.717) is 25.0 Å². The highest BCUT2D eigenvalue weighted by Crippen LogP contribution is 2.31.